The van der Waals surface area contributed by atoms with Crippen LogP contribution in [0.3, 0.4) is 0 Å². The number of benzene rings is 1. The fraction of sp³-hybridized carbons (Fsp3) is 0.267. The number of anilines is 1. The highest BCUT2D eigenvalue weighted by molar-refractivity contribution is 14.1. The van der Waals surface area contributed by atoms with Gasteiger partial charge in [-0.05, 0) is 53.1 Å². The number of aromatic nitrogens is 2. The van der Waals surface area contributed by atoms with E-state index >= 15 is 0 Å². The van der Waals surface area contributed by atoms with E-state index in [0.717, 1.165) is 25.2 Å². The van der Waals surface area contributed by atoms with Crippen LogP contribution in [0, 0.1) is 14.9 Å². The summed E-state index contributed by atoms with van der Waals surface area (Å²) in [7, 11) is 0. The van der Waals surface area contributed by atoms with Gasteiger partial charge in [0, 0.05) is 10.1 Å². The SMILES string of the molecule is N#Cc1cnc(N2CCCC2c2ccc(I)cc2)cn1. The summed E-state index contributed by atoms with van der Waals surface area (Å²) >= 11 is 2.32. The van der Waals surface area contributed by atoms with Crippen molar-refractivity contribution in [2.45, 2.75) is 18.9 Å². The van der Waals surface area contributed by atoms with Crippen LogP contribution < -0.4 is 4.90 Å². The highest BCUT2D eigenvalue weighted by atomic mass is 127. The Bertz CT molecular complexity index is 630. The zero-order valence-corrected chi connectivity index (χ0v) is 13.0. The fourth-order valence-corrected chi connectivity index (χ4v) is 2.96. The Morgan fingerprint density at radius 2 is 2.00 bits per heavy atom. The smallest absolute Gasteiger partial charge is 0.158 e. The van der Waals surface area contributed by atoms with Crippen LogP contribution >= 0.6 is 22.6 Å². The minimum atomic E-state index is 0.356. The van der Waals surface area contributed by atoms with Crippen molar-refractivity contribution in [1.82, 2.24) is 9.97 Å². The lowest BCUT2D eigenvalue weighted by Crippen LogP contribution is -2.23. The van der Waals surface area contributed by atoms with E-state index in [1.54, 1.807) is 12.4 Å². The van der Waals surface area contributed by atoms with Crippen molar-refractivity contribution in [3.63, 3.8) is 0 Å². The van der Waals surface area contributed by atoms with E-state index in [-0.39, 0.29) is 0 Å². The predicted molar refractivity (Wildman–Crippen MR) is 85.2 cm³/mol. The normalized spacial score (nSPS) is 18.0. The van der Waals surface area contributed by atoms with Crippen molar-refractivity contribution in [2.75, 3.05) is 11.4 Å². The van der Waals surface area contributed by atoms with Gasteiger partial charge in [-0.2, -0.15) is 5.26 Å². The van der Waals surface area contributed by atoms with Gasteiger partial charge >= 0.3 is 0 Å². The third kappa shape index (κ3) is 2.61. The molecule has 5 heteroatoms. The van der Waals surface area contributed by atoms with Gasteiger partial charge in [0.25, 0.3) is 0 Å². The molecule has 100 valence electrons. The molecule has 0 bridgehead atoms. The Balaban J connectivity index is 1.88. The zero-order chi connectivity index (χ0) is 13.9. The molecule has 0 N–H and O–H groups in total. The van der Waals surface area contributed by atoms with Crippen LogP contribution in [0.25, 0.3) is 0 Å². The van der Waals surface area contributed by atoms with Crippen LogP contribution in [0.15, 0.2) is 36.7 Å². The molecule has 1 unspecified atom stereocenters. The minimum absolute atomic E-state index is 0.356. The van der Waals surface area contributed by atoms with Crippen molar-refractivity contribution < 1.29 is 0 Å². The molecule has 2 heterocycles. The predicted octanol–water partition coefficient (Wildman–Crippen LogP) is 3.29. The highest BCUT2D eigenvalue weighted by Crippen LogP contribution is 2.34. The molecule has 1 aromatic carbocycles. The average Bonchev–Trinajstić information content (AvgIpc) is 2.97. The fourth-order valence-electron chi connectivity index (χ4n) is 2.60. The first-order chi connectivity index (χ1) is 9.78. The van der Waals surface area contributed by atoms with Crippen molar-refractivity contribution in [2.24, 2.45) is 0 Å². The van der Waals surface area contributed by atoms with Crippen molar-refractivity contribution >= 4 is 28.4 Å². The Morgan fingerprint density at radius 1 is 1.20 bits per heavy atom. The number of hydrogen-bond acceptors (Lipinski definition) is 4. The molecule has 3 rings (SSSR count). The van der Waals surface area contributed by atoms with E-state index in [1.807, 2.05) is 6.07 Å². The summed E-state index contributed by atoms with van der Waals surface area (Å²) in [5, 5.41) is 8.78. The molecule has 1 atom stereocenters. The van der Waals surface area contributed by atoms with Gasteiger partial charge in [-0.25, -0.2) is 9.97 Å². The number of nitrogens with zero attached hydrogens (tertiary/aromatic N) is 4. The summed E-state index contributed by atoms with van der Waals surface area (Å²) in [6.07, 6.45) is 5.52. The quantitative estimate of drug-likeness (QED) is 0.755. The van der Waals surface area contributed by atoms with E-state index in [1.165, 1.54) is 9.13 Å². The van der Waals surface area contributed by atoms with Gasteiger partial charge in [0.2, 0.25) is 0 Å². The van der Waals surface area contributed by atoms with Gasteiger partial charge in [0.1, 0.15) is 11.9 Å². The Hall–Kier alpha value is -1.68. The van der Waals surface area contributed by atoms with Crippen LogP contribution in [0.5, 0.6) is 0 Å². The van der Waals surface area contributed by atoms with Crippen LogP contribution in [-0.4, -0.2) is 16.5 Å². The Kier molecular flexibility index (Phi) is 3.83. The molecule has 4 nitrogen and oxygen atoms in total. The van der Waals surface area contributed by atoms with Gasteiger partial charge in [-0.3, -0.25) is 0 Å². The highest BCUT2D eigenvalue weighted by Gasteiger charge is 2.27. The second-order valence-electron chi connectivity index (χ2n) is 4.77. The largest absolute Gasteiger partial charge is 0.348 e. The third-order valence-corrected chi connectivity index (χ3v) is 4.27. The average molecular weight is 376 g/mol. The van der Waals surface area contributed by atoms with E-state index < -0.39 is 0 Å². The Labute approximate surface area is 131 Å². The lowest BCUT2D eigenvalue weighted by atomic mass is 10.0. The maximum absolute atomic E-state index is 8.78. The summed E-state index contributed by atoms with van der Waals surface area (Å²) in [4.78, 5) is 10.8. The summed E-state index contributed by atoms with van der Waals surface area (Å²) in [5.41, 5.74) is 1.67. The first-order valence-electron chi connectivity index (χ1n) is 6.52. The van der Waals surface area contributed by atoms with E-state index in [0.29, 0.717) is 11.7 Å². The summed E-state index contributed by atoms with van der Waals surface area (Å²) in [6.45, 7) is 0.983. The lowest BCUT2D eigenvalue weighted by molar-refractivity contribution is 0.709. The van der Waals surface area contributed by atoms with Gasteiger partial charge in [0.15, 0.2) is 5.69 Å². The number of nitriles is 1. The standard InChI is InChI=1S/C15H13IN4/c16-12-5-3-11(4-6-12)14-2-1-7-20(14)15-10-18-13(8-17)9-19-15/h3-6,9-10,14H,1-2,7H2. The molecule has 1 aliphatic rings. The van der Waals surface area contributed by atoms with Crippen molar-refractivity contribution in [3.8, 4) is 6.07 Å². The van der Waals surface area contributed by atoms with Crippen LogP contribution in [-0.2, 0) is 0 Å². The third-order valence-electron chi connectivity index (χ3n) is 3.55. The monoisotopic (exact) mass is 376 g/mol. The molecular weight excluding hydrogens is 363 g/mol. The summed E-state index contributed by atoms with van der Waals surface area (Å²) in [5.74, 6) is 0.852. The summed E-state index contributed by atoms with van der Waals surface area (Å²) < 4.78 is 1.24. The van der Waals surface area contributed by atoms with E-state index in [9.17, 15) is 0 Å². The summed E-state index contributed by atoms with van der Waals surface area (Å²) in [6, 6.07) is 11.0. The van der Waals surface area contributed by atoms with Gasteiger partial charge in [0.05, 0.1) is 18.4 Å². The molecule has 0 spiro atoms. The first kappa shape index (κ1) is 13.3. The molecule has 20 heavy (non-hydrogen) atoms. The van der Waals surface area contributed by atoms with Crippen LogP contribution in [0.1, 0.15) is 30.1 Å². The van der Waals surface area contributed by atoms with Gasteiger partial charge in [-0.1, -0.05) is 12.1 Å². The molecule has 0 aliphatic carbocycles. The molecule has 1 aliphatic heterocycles. The molecule has 1 fully saturated rings. The van der Waals surface area contributed by atoms with Crippen molar-refractivity contribution in [3.05, 3.63) is 51.5 Å². The molecular formula is C15H13IN4. The van der Waals surface area contributed by atoms with Gasteiger partial charge < -0.3 is 4.90 Å². The Morgan fingerprint density at radius 3 is 2.65 bits per heavy atom. The molecule has 0 amide bonds. The molecule has 1 saturated heterocycles. The lowest BCUT2D eigenvalue weighted by Gasteiger charge is -2.25. The second-order valence-corrected chi connectivity index (χ2v) is 6.02. The van der Waals surface area contributed by atoms with Crippen LogP contribution in [0.4, 0.5) is 5.82 Å². The maximum atomic E-state index is 8.78. The minimum Gasteiger partial charge on any atom is -0.348 e. The number of hydrogen-bond donors (Lipinski definition) is 0. The maximum Gasteiger partial charge on any atom is 0.158 e. The first-order valence-corrected chi connectivity index (χ1v) is 7.60. The van der Waals surface area contributed by atoms with E-state index in [4.69, 9.17) is 5.26 Å². The number of halogens is 1. The van der Waals surface area contributed by atoms with Gasteiger partial charge in [-0.15, -0.1) is 0 Å². The molecule has 0 radical (unpaired) electrons. The number of rotatable bonds is 2. The van der Waals surface area contributed by atoms with Crippen LogP contribution in [0.2, 0.25) is 0 Å². The molecule has 2 aromatic rings. The second kappa shape index (κ2) is 5.75. The van der Waals surface area contributed by atoms with Crippen molar-refractivity contribution in [1.29, 1.82) is 5.26 Å². The topological polar surface area (TPSA) is 52.8 Å². The zero-order valence-electron chi connectivity index (χ0n) is 10.8. The van der Waals surface area contributed by atoms with E-state index in [2.05, 4.69) is 61.7 Å². The molecule has 0 saturated carbocycles. The molecule has 1 aromatic heterocycles.